The van der Waals surface area contributed by atoms with Crippen LogP contribution in [0.4, 0.5) is 0 Å². The van der Waals surface area contributed by atoms with Gasteiger partial charge < -0.3 is 19.3 Å². The Bertz CT molecular complexity index is 692. The molecule has 120 valence electrons. The minimum Gasteiger partial charge on any atom is -0.508 e. The van der Waals surface area contributed by atoms with Gasteiger partial charge in [-0.2, -0.15) is 0 Å². The summed E-state index contributed by atoms with van der Waals surface area (Å²) in [6.45, 7) is 0. The van der Waals surface area contributed by atoms with Gasteiger partial charge in [-0.1, -0.05) is 18.2 Å². The van der Waals surface area contributed by atoms with Crippen LogP contribution in [-0.2, 0) is 0 Å². The van der Waals surface area contributed by atoms with Gasteiger partial charge in [0.15, 0.2) is 5.78 Å². The molecule has 2 aromatic carbocycles. The zero-order chi connectivity index (χ0) is 16.8. The number of ether oxygens (including phenoxy) is 3. The van der Waals surface area contributed by atoms with Crippen molar-refractivity contribution in [3.8, 4) is 23.0 Å². The number of hydrogen-bond donors (Lipinski definition) is 1. The zero-order valence-electron chi connectivity index (χ0n) is 13.2. The SMILES string of the molecule is COc1cc(OC)c(C(=O)/C=C\c2ccc(O)cc2)c(OC)c1. The van der Waals surface area contributed by atoms with E-state index in [-0.39, 0.29) is 11.5 Å². The lowest BCUT2D eigenvalue weighted by Crippen LogP contribution is -2.03. The first-order valence-corrected chi connectivity index (χ1v) is 6.90. The van der Waals surface area contributed by atoms with E-state index >= 15 is 0 Å². The Balaban J connectivity index is 2.36. The van der Waals surface area contributed by atoms with E-state index in [9.17, 15) is 9.90 Å². The molecule has 1 N–H and O–H groups in total. The molecule has 0 heterocycles. The average Bonchev–Trinajstić information content (AvgIpc) is 2.59. The molecule has 5 nitrogen and oxygen atoms in total. The zero-order valence-corrected chi connectivity index (χ0v) is 13.2. The quantitative estimate of drug-likeness (QED) is 0.654. The van der Waals surface area contributed by atoms with E-state index in [1.165, 1.54) is 27.4 Å². The van der Waals surface area contributed by atoms with Crippen LogP contribution in [0.15, 0.2) is 42.5 Å². The number of ketones is 1. The van der Waals surface area contributed by atoms with Crippen molar-refractivity contribution in [2.45, 2.75) is 0 Å². The maximum atomic E-state index is 12.5. The van der Waals surface area contributed by atoms with E-state index in [4.69, 9.17) is 14.2 Å². The van der Waals surface area contributed by atoms with Gasteiger partial charge in [0.05, 0.1) is 21.3 Å². The van der Waals surface area contributed by atoms with Crippen molar-refractivity contribution in [3.63, 3.8) is 0 Å². The number of carbonyl (C=O) groups is 1. The molecule has 0 atom stereocenters. The summed E-state index contributed by atoms with van der Waals surface area (Å²) in [4.78, 5) is 12.5. The third-order valence-electron chi connectivity index (χ3n) is 3.28. The molecule has 0 radical (unpaired) electrons. The highest BCUT2D eigenvalue weighted by atomic mass is 16.5. The minimum absolute atomic E-state index is 0.173. The molecule has 0 aliphatic carbocycles. The van der Waals surface area contributed by atoms with Crippen LogP contribution in [0, 0.1) is 0 Å². The number of phenolic OH excluding ortho intramolecular Hbond substituents is 1. The van der Waals surface area contributed by atoms with Gasteiger partial charge in [-0.15, -0.1) is 0 Å². The van der Waals surface area contributed by atoms with Gasteiger partial charge in [0.1, 0.15) is 28.6 Å². The molecule has 0 aliphatic rings. The largest absolute Gasteiger partial charge is 0.508 e. The summed E-state index contributed by atoms with van der Waals surface area (Å²) in [5.41, 5.74) is 1.12. The third-order valence-corrected chi connectivity index (χ3v) is 3.28. The molecule has 0 aliphatic heterocycles. The van der Waals surface area contributed by atoms with E-state index in [1.807, 2.05) is 0 Å². The van der Waals surface area contributed by atoms with Crippen molar-refractivity contribution in [2.75, 3.05) is 21.3 Å². The molecule has 2 rings (SSSR count). The van der Waals surface area contributed by atoms with Crippen molar-refractivity contribution in [3.05, 3.63) is 53.6 Å². The topological polar surface area (TPSA) is 65.0 Å². The number of rotatable bonds is 6. The molecular formula is C18H18O5. The predicted octanol–water partition coefficient (Wildman–Crippen LogP) is 3.31. The van der Waals surface area contributed by atoms with E-state index < -0.39 is 0 Å². The maximum Gasteiger partial charge on any atom is 0.193 e. The van der Waals surface area contributed by atoms with E-state index in [0.29, 0.717) is 22.8 Å². The Morgan fingerprint density at radius 2 is 1.52 bits per heavy atom. The van der Waals surface area contributed by atoms with Gasteiger partial charge in [-0.3, -0.25) is 4.79 Å². The minimum atomic E-state index is -0.255. The molecule has 2 aromatic rings. The summed E-state index contributed by atoms with van der Waals surface area (Å²) in [5, 5.41) is 9.26. The number of phenols is 1. The molecule has 5 heteroatoms. The highest BCUT2D eigenvalue weighted by molar-refractivity contribution is 6.10. The fourth-order valence-electron chi connectivity index (χ4n) is 2.09. The second-order valence-electron chi connectivity index (χ2n) is 4.70. The Hall–Kier alpha value is -2.95. The van der Waals surface area contributed by atoms with Gasteiger partial charge in [-0.25, -0.2) is 0 Å². The molecule has 0 saturated heterocycles. The van der Waals surface area contributed by atoms with Crippen molar-refractivity contribution in [2.24, 2.45) is 0 Å². The highest BCUT2D eigenvalue weighted by Gasteiger charge is 2.18. The normalized spacial score (nSPS) is 10.6. The van der Waals surface area contributed by atoms with Crippen LogP contribution in [0.3, 0.4) is 0 Å². The Morgan fingerprint density at radius 1 is 0.957 bits per heavy atom. The molecule has 0 fully saturated rings. The summed E-state index contributed by atoms with van der Waals surface area (Å²) in [7, 11) is 4.49. The van der Waals surface area contributed by atoms with Crippen molar-refractivity contribution in [1.29, 1.82) is 0 Å². The van der Waals surface area contributed by atoms with Crippen LogP contribution < -0.4 is 14.2 Å². The van der Waals surface area contributed by atoms with Crippen LogP contribution in [0.25, 0.3) is 6.08 Å². The van der Waals surface area contributed by atoms with Crippen LogP contribution in [0.1, 0.15) is 15.9 Å². The molecule has 0 amide bonds. The Labute approximate surface area is 134 Å². The number of allylic oxidation sites excluding steroid dienone is 1. The van der Waals surface area contributed by atoms with Crippen LogP contribution in [0.5, 0.6) is 23.0 Å². The van der Waals surface area contributed by atoms with Crippen LogP contribution >= 0.6 is 0 Å². The second kappa shape index (κ2) is 7.35. The number of methoxy groups -OCH3 is 3. The molecule has 0 saturated carbocycles. The van der Waals surface area contributed by atoms with Gasteiger partial charge in [0, 0.05) is 12.1 Å². The second-order valence-corrected chi connectivity index (χ2v) is 4.70. The fraction of sp³-hybridized carbons (Fsp3) is 0.167. The summed E-state index contributed by atoms with van der Waals surface area (Å²) < 4.78 is 15.7. The summed E-state index contributed by atoms with van der Waals surface area (Å²) in [6, 6.07) is 9.79. The first-order valence-electron chi connectivity index (χ1n) is 6.90. The Kier molecular flexibility index (Phi) is 5.25. The third kappa shape index (κ3) is 3.83. The van der Waals surface area contributed by atoms with E-state index in [0.717, 1.165) is 5.56 Å². The van der Waals surface area contributed by atoms with Gasteiger partial charge >= 0.3 is 0 Å². The van der Waals surface area contributed by atoms with Crippen molar-refractivity contribution in [1.82, 2.24) is 0 Å². The summed E-state index contributed by atoms with van der Waals surface area (Å²) in [5.74, 6) is 1.21. The van der Waals surface area contributed by atoms with E-state index in [1.54, 1.807) is 42.5 Å². The van der Waals surface area contributed by atoms with Gasteiger partial charge in [-0.05, 0) is 23.8 Å². The van der Waals surface area contributed by atoms with Gasteiger partial charge in [0.25, 0.3) is 0 Å². The van der Waals surface area contributed by atoms with Crippen molar-refractivity contribution < 1.29 is 24.1 Å². The van der Waals surface area contributed by atoms with Gasteiger partial charge in [0.2, 0.25) is 0 Å². The van der Waals surface area contributed by atoms with Crippen LogP contribution in [-0.4, -0.2) is 32.2 Å². The highest BCUT2D eigenvalue weighted by Crippen LogP contribution is 2.34. The summed E-state index contributed by atoms with van der Waals surface area (Å²) in [6.07, 6.45) is 3.09. The fourth-order valence-corrected chi connectivity index (χ4v) is 2.09. The first-order chi connectivity index (χ1) is 11.1. The molecule has 0 unspecified atom stereocenters. The first kappa shape index (κ1) is 16.4. The molecule has 0 bridgehead atoms. The number of hydrogen-bond acceptors (Lipinski definition) is 5. The number of carbonyl (C=O) groups excluding carboxylic acids is 1. The maximum absolute atomic E-state index is 12.5. The predicted molar refractivity (Wildman–Crippen MR) is 87.6 cm³/mol. The number of aromatic hydroxyl groups is 1. The smallest absolute Gasteiger partial charge is 0.193 e. The lowest BCUT2D eigenvalue weighted by Gasteiger charge is -2.13. The summed E-state index contributed by atoms with van der Waals surface area (Å²) >= 11 is 0. The standard InChI is InChI=1S/C18H18O5/c1-21-14-10-16(22-2)18(17(11-14)23-3)15(20)9-6-12-4-7-13(19)8-5-12/h4-11,19H,1-3H3/b9-6-. The van der Waals surface area contributed by atoms with Crippen LogP contribution in [0.2, 0.25) is 0 Å². The molecule has 0 aromatic heterocycles. The lowest BCUT2D eigenvalue weighted by atomic mass is 10.1. The molecule has 23 heavy (non-hydrogen) atoms. The Morgan fingerprint density at radius 3 is 2.00 bits per heavy atom. The average molecular weight is 314 g/mol. The number of benzene rings is 2. The molecule has 0 spiro atoms. The monoisotopic (exact) mass is 314 g/mol. The molecular weight excluding hydrogens is 296 g/mol. The lowest BCUT2D eigenvalue weighted by molar-refractivity contribution is 0.104. The van der Waals surface area contributed by atoms with E-state index in [2.05, 4.69) is 0 Å². The van der Waals surface area contributed by atoms with Crippen molar-refractivity contribution >= 4 is 11.9 Å².